The average molecular weight is 411 g/mol. The van der Waals surface area contributed by atoms with Crippen LogP contribution in [0.15, 0.2) is 47.5 Å². The van der Waals surface area contributed by atoms with Gasteiger partial charge in [-0.05, 0) is 55.8 Å². The predicted molar refractivity (Wildman–Crippen MR) is 123 cm³/mol. The van der Waals surface area contributed by atoms with Crippen LogP contribution in [0.2, 0.25) is 0 Å². The number of methoxy groups -OCH3 is 1. The lowest BCUT2D eigenvalue weighted by Crippen LogP contribution is -2.42. The molecule has 2 N–H and O–H groups in total. The van der Waals surface area contributed by atoms with Crippen LogP contribution in [0.3, 0.4) is 0 Å². The van der Waals surface area contributed by atoms with E-state index in [1.54, 1.807) is 14.2 Å². The largest absolute Gasteiger partial charge is 0.497 e. The monoisotopic (exact) mass is 410 g/mol. The SMILES string of the molecule is CN=C(NCc1cccc(N(C)C)n1)NCC(c1ccc(OC)cc1)N1CCCC1. The lowest BCUT2D eigenvalue weighted by atomic mass is 10.1. The standard InChI is InChI=1S/C23H34N6O/c1-24-23(25-16-19-8-7-9-22(27-19)28(2)3)26-17-21(29-14-5-6-15-29)18-10-12-20(30-4)13-11-18/h7-13,21H,5-6,14-17H2,1-4H3,(H2,24,25,26). The van der Waals surface area contributed by atoms with E-state index in [1.807, 2.05) is 49.3 Å². The van der Waals surface area contributed by atoms with E-state index < -0.39 is 0 Å². The Hall–Kier alpha value is -2.80. The number of rotatable bonds is 8. The molecule has 7 nitrogen and oxygen atoms in total. The number of pyridine rings is 1. The summed E-state index contributed by atoms with van der Waals surface area (Å²) < 4.78 is 5.32. The zero-order valence-corrected chi connectivity index (χ0v) is 18.6. The molecule has 0 bridgehead atoms. The number of aliphatic imine (C=N–C) groups is 1. The van der Waals surface area contributed by atoms with Crippen molar-refractivity contribution in [2.75, 3.05) is 52.8 Å². The van der Waals surface area contributed by atoms with Gasteiger partial charge in [0.05, 0.1) is 25.4 Å². The Labute approximate surface area is 180 Å². The van der Waals surface area contributed by atoms with Crippen LogP contribution in [0.25, 0.3) is 0 Å². The minimum absolute atomic E-state index is 0.298. The fraction of sp³-hybridized carbons (Fsp3) is 0.478. The van der Waals surface area contributed by atoms with Crippen molar-refractivity contribution in [3.63, 3.8) is 0 Å². The molecule has 1 saturated heterocycles. The molecular formula is C23H34N6O. The molecule has 7 heteroatoms. The molecule has 1 atom stereocenters. The van der Waals surface area contributed by atoms with Crippen molar-refractivity contribution in [3.8, 4) is 5.75 Å². The maximum Gasteiger partial charge on any atom is 0.191 e. The van der Waals surface area contributed by atoms with Crippen LogP contribution in [0.1, 0.15) is 30.1 Å². The van der Waals surface area contributed by atoms with Gasteiger partial charge in [-0.1, -0.05) is 18.2 Å². The van der Waals surface area contributed by atoms with Crippen molar-refractivity contribution in [2.45, 2.75) is 25.4 Å². The van der Waals surface area contributed by atoms with Crippen molar-refractivity contribution in [1.82, 2.24) is 20.5 Å². The molecule has 30 heavy (non-hydrogen) atoms. The number of aromatic nitrogens is 1. The smallest absolute Gasteiger partial charge is 0.191 e. The summed E-state index contributed by atoms with van der Waals surface area (Å²) >= 11 is 0. The molecule has 0 saturated carbocycles. The topological polar surface area (TPSA) is 65.0 Å². The summed E-state index contributed by atoms with van der Waals surface area (Å²) in [6.45, 7) is 3.67. The second kappa shape index (κ2) is 10.8. The minimum atomic E-state index is 0.298. The van der Waals surface area contributed by atoms with Gasteiger partial charge in [-0.25, -0.2) is 4.98 Å². The Kier molecular flexibility index (Phi) is 7.90. The molecule has 1 aliphatic rings. The summed E-state index contributed by atoms with van der Waals surface area (Å²) in [5.74, 6) is 2.62. The second-order valence-electron chi connectivity index (χ2n) is 7.72. The first-order chi connectivity index (χ1) is 14.6. The van der Waals surface area contributed by atoms with Gasteiger partial charge < -0.3 is 20.3 Å². The number of guanidine groups is 1. The number of likely N-dealkylation sites (tertiary alicyclic amines) is 1. The molecule has 0 amide bonds. The van der Waals surface area contributed by atoms with Gasteiger partial charge in [0.1, 0.15) is 11.6 Å². The molecule has 1 aromatic heterocycles. The van der Waals surface area contributed by atoms with Crippen LogP contribution in [-0.2, 0) is 6.54 Å². The molecule has 1 fully saturated rings. The molecular weight excluding hydrogens is 376 g/mol. The van der Waals surface area contributed by atoms with Crippen molar-refractivity contribution < 1.29 is 4.74 Å². The summed E-state index contributed by atoms with van der Waals surface area (Å²) in [6.07, 6.45) is 2.51. The highest BCUT2D eigenvalue weighted by Crippen LogP contribution is 2.26. The van der Waals surface area contributed by atoms with E-state index in [4.69, 9.17) is 4.74 Å². The molecule has 0 spiro atoms. The van der Waals surface area contributed by atoms with Crippen LogP contribution in [0, 0.1) is 0 Å². The van der Waals surface area contributed by atoms with E-state index in [9.17, 15) is 0 Å². The van der Waals surface area contributed by atoms with Gasteiger partial charge in [0.2, 0.25) is 0 Å². The number of ether oxygens (including phenoxy) is 1. The van der Waals surface area contributed by atoms with Gasteiger partial charge in [0, 0.05) is 27.7 Å². The third-order valence-corrected chi connectivity index (χ3v) is 5.46. The third-order valence-electron chi connectivity index (χ3n) is 5.46. The summed E-state index contributed by atoms with van der Waals surface area (Å²) in [5.41, 5.74) is 2.27. The quantitative estimate of drug-likeness (QED) is 0.515. The van der Waals surface area contributed by atoms with E-state index in [0.717, 1.165) is 42.9 Å². The lowest BCUT2D eigenvalue weighted by Gasteiger charge is -2.29. The molecule has 1 aliphatic heterocycles. The third kappa shape index (κ3) is 5.86. The van der Waals surface area contributed by atoms with Crippen molar-refractivity contribution in [1.29, 1.82) is 0 Å². The number of nitrogens with one attached hydrogen (secondary N) is 2. The molecule has 1 aromatic carbocycles. The minimum Gasteiger partial charge on any atom is -0.497 e. The van der Waals surface area contributed by atoms with Gasteiger partial charge in [-0.2, -0.15) is 0 Å². The summed E-state index contributed by atoms with van der Waals surface area (Å²) in [4.78, 5) is 13.6. The summed E-state index contributed by atoms with van der Waals surface area (Å²) in [7, 11) is 7.50. The van der Waals surface area contributed by atoms with Crippen LogP contribution < -0.4 is 20.3 Å². The van der Waals surface area contributed by atoms with Gasteiger partial charge in [0.25, 0.3) is 0 Å². The van der Waals surface area contributed by atoms with Gasteiger partial charge in [0.15, 0.2) is 5.96 Å². The number of benzene rings is 1. The Morgan fingerprint density at radius 2 is 1.87 bits per heavy atom. The first-order valence-electron chi connectivity index (χ1n) is 10.6. The second-order valence-corrected chi connectivity index (χ2v) is 7.72. The van der Waals surface area contributed by atoms with Gasteiger partial charge >= 0.3 is 0 Å². The number of hydrogen-bond donors (Lipinski definition) is 2. The van der Waals surface area contributed by atoms with Crippen molar-refractivity contribution in [2.24, 2.45) is 4.99 Å². The van der Waals surface area contributed by atoms with Crippen LogP contribution in [0.4, 0.5) is 5.82 Å². The zero-order valence-electron chi connectivity index (χ0n) is 18.6. The predicted octanol–water partition coefficient (Wildman–Crippen LogP) is 2.66. The Morgan fingerprint density at radius 1 is 1.13 bits per heavy atom. The van der Waals surface area contributed by atoms with E-state index in [0.29, 0.717) is 12.6 Å². The van der Waals surface area contributed by atoms with Gasteiger partial charge in [-0.3, -0.25) is 9.89 Å². The Bertz CT molecular complexity index is 815. The normalized spacial score (nSPS) is 15.7. The highest BCUT2D eigenvalue weighted by molar-refractivity contribution is 5.79. The first-order valence-corrected chi connectivity index (χ1v) is 10.6. The summed E-state index contributed by atoms with van der Waals surface area (Å²) in [6, 6.07) is 14.8. The molecule has 0 aliphatic carbocycles. The fourth-order valence-electron chi connectivity index (χ4n) is 3.74. The lowest BCUT2D eigenvalue weighted by molar-refractivity contribution is 0.245. The molecule has 0 radical (unpaired) electrons. The zero-order chi connectivity index (χ0) is 21.3. The highest BCUT2D eigenvalue weighted by atomic mass is 16.5. The van der Waals surface area contributed by atoms with Crippen molar-refractivity contribution in [3.05, 3.63) is 53.7 Å². The molecule has 2 heterocycles. The summed E-state index contributed by atoms with van der Waals surface area (Å²) in [5, 5.41) is 6.90. The van der Waals surface area contributed by atoms with E-state index >= 15 is 0 Å². The fourth-order valence-corrected chi connectivity index (χ4v) is 3.74. The van der Waals surface area contributed by atoms with Crippen LogP contribution in [-0.4, -0.2) is 63.7 Å². The van der Waals surface area contributed by atoms with E-state index in [2.05, 4.69) is 37.6 Å². The molecule has 1 unspecified atom stereocenters. The maximum absolute atomic E-state index is 5.32. The number of nitrogens with zero attached hydrogens (tertiary/aromatic N) is 4. The molecule has 2 aromatic rings. The van der Waals surface area contributed by atoms with Crippen LogP contribution >= 0.6 is 0 Å². The molecule has 162 valence electrons. The number of hydrogen-bond acceptors (Lipinski definition) is 5. The molecule has 3 rings (SSSR count). The van der Waals surface area contributed by atoms with E-state index in [-0.39, 0.29) is 0 Å². The van der Waals surface area contributed by atoms with E-state index in [1.165, 1.54) is 18.4 Å². The van der Waals surface area contributed by atoms with Crippen molar-refractivity contribution >= 4 is 11.8 Å². The maximum atomic E-state index is 5.32. The number of anilines is 1. The highest BCUT2D eigenvalue weighted by Gasteiger charge is 2.23. The average Bonchev–Trinajstić information content (AvgIpc) is 3.31. The Morgan fingerprint density at radius 3 is 2.50 bits per heavy atom. The first kappa shape index (κ1) is 21.9. The van der Waals surface area contributed by atoms with Gasteiger partial charge in [-0.15, -0.1) is 0 Å². The van der Waals surface area contributed by atoms with Crippen LogP contribution in [0.5, 0.6) is 5.75 Å². The Balaban J connectivity index is 1.62.